The number of benzene rings is 1. The summed E-state index contributed by atoms with van der Waals surface area (Å²) < 4.78 is 57.3. The molecule has 0 saturated carbocycles. The van der Waals surface area contributed by atoms with Gasteiger partial charge >= 0.3 is 6.01 Å². The first-order valence-electron chi connectivity index (χ1n) is 11.9. The predicted molar refractivity (Wildman–Crippen MR) is 134 cm³/mol. The van der Waals surface area contributed by atoms with E-state index in [0.29, 0.717) is 12.6 Å². The molecule has 0 radical (unpaired) electrons. The summed E-state index contributed by atoms with van der Waals surface area (Å²) in [7, 11) is -3.74. The monoisotopic (exact) mass is 560 g/mol. The first-order chi connectivity index (χ1) is 17.6. The number of hydrogen-bond donors (Lipinski definition) is 5. The Kier molecular flexibility index (Phi) is 10.7. The number of hydrogen-bond acceptors (Lipinski definition) is 8. The van der Waals surface area contributed by atoms with Gasteiger partial charge in [0.05, 0.1) is 24.3 Å². The number of aliphatic hydroxyl groups is 2. The van der Waals surface area contributed by atoms with Crippen LogP contribution in [0.3, 0.4) is 0 Å². The fourth-order valence-electron chi connectivity index (χ4n) is 3.79. The maximum atomic E-state index is 13.8. The summed E-state index contributed by atoms with van der Waals surface area (Å²) in [5.41, 5.74) is -0.313. The van der Waals surface area contributed by atoms with Crippen LogP contribution >= 0.6 is 0 Å². The molecule has 2 rings (SSSR count). The van der Waals surface area contributed by atoms with E-state index < -0.39 is 69.6 Å². The van der Waals surface area contributed by atoms with Crippen molar-refractivity contribution in [2.24, 2.45) is 17.8 Å². The van der Waals surface area contributed by atoms with Crippen LogP contribution in [-0.2, 0) is 21.2 Å². The Morgan fingerprint density at radius 3 is 2.18 bits per heavy atom. The summed E-state index contributed by atoms with van der Waals surface area (Å²) in [6.45, 7) is 7.47. The van der Waals surface area contributed by atoms with E-state index in [2.05, 4.69) is 15.6 Å². The molecule has 1 aromatic carbocycles. The van der Waals surface area contributed by atoms with Crippen molar-refractivity contribution in [1.29, 1.82) is 0 Å². The second-order valence-electron chi connectivity index (χ2n) is 9.86. The van der Waals surface area contributed by atoms with Gasteiger partial charge in [-0.2, -0.15) is 4.98 Å². The van der Waals surface area contributed by atoms with Gasteiger partial charge < -0.3 is 25.3 Å². The third-order valence-corrected chi connectivity index (χ3v) is 6.09. The summed E-state index contributed by atoms with van der Waals surface area (Å²) in [5.74, 6) is -4.58. The third-order valence-electron chi connectivity index (χ3n) is 5.54. The summed E-state index contributed by atoms with van der Waals surface area (Å²) in [6.07, 6.45) is -2.05. The summed E-state index contributed by atoms with van der Waals surface area (Å²) >= 11 is 0. The Morgan fingerprint density at radius 1 is 1.05 bits per heavy atom. The highest BCUT2D eigenvalue weighted by Crippen LogP contribution is 2.23. The van der Waals surface area contributed by atoms with Gasteiger partial charge in [0.1, 0.15) is 24.0 Å². The lowest BCUT2D eigenvalue weighted by molar-refractivity contribution is -0.135. The van der Waals surface area contributed by atoms with E-state index in [1.165, 1.54) is 0 Å². The van der Waals surface area contributed by atoms with Crippen molar-refractivity contribution in [2.45, 2.75) is 52.4 Å². The molecule has 0 spiro atoms. The van der Waals surface area contributed by atoms with Crippen LogP contribution in [0.5, 0.6) is 0 Å². The molecule has 5 N–H and O–H groups in total. The van der Waals surface area contributed by atoms with Gasteiger partial charge in [-0.05, 0) is 36.0 Å². The summed E-state index contributed by atoms with van der Waals surface area (Å²) in [4.78, 5) is 29.4. The zero-order valence-electron chi connectivity index (χ0n) is 21.7. The number of sulfonamides is 1. The Hall–Kier alpha value is -3.10. The first kappa shape index (κ1) is 31.1. The topological polar surface area (TPSA) is 171 Å². The van der Waals surface area contributed by atoms with E-state index in [0.717, 1.165) is 24.7 Å². The Labute approximate surface area is 220 Å². The smallest absolute Gasteiger partial charge is 0.309 e. The SMILES string of the molecule is CC(C)CNC(=O)[C@H](C(C)C)[C@@H](O)[C@H](O)[C@H](Cc1cc(F)cc(F)c1)NC(=O)c1coc(NS(C)(=O)=O)n1. The van der Waals surface area contributed by atoms with Gasteiger partial charge in [0.15, 0.2) is 5.69 Å². The second-order valence-corrected chi connectivity index (χ2v) is 11.6. The molecule has 4 atom stereocenters. The molecule has 1 heterocycles. The average molecular weight is 561 g/mol. The van der Waals surface area contributed by atoms with E-state index in [-0.39, 0.29) is 23.6 Å². The zero-order chi connectivity index (χ0) is 28.8. The van der Waals surface area contributed by atoms with Crippen LogP contribution in [-0.4, -0.2) is 66.5 Å². The maximum Gasteiger partial charge on any atom is 0.309 e. The Morgan fingerprint density at radius 2 is 1.66 bits per heavy atom. The molecular weight excluding hydrogens is 526 g/mol. The minimum absolute atomic E-state index is 0.0593. The van der Waals surface area contributed by atoms with Crippen molar-refractivity contribution in [2.75, 3.05) is 17.5 Å². The van der Waals surface area contributed by atoms with Crippen LogP contribution in [0.2, 0.25) is 0 Å². The fourth-order valence-corrected chi connectivity index (χ4v) is 4.20. The summed E-state index contributed by atoms with van der Waals surface area (Å²) in [5, 5.41) is 27.3. The molecule has 38 heavy (non-hydrogen) atoms. The zero-order valence-corrected chi connectivity index (χ0v) is 22.6. The van der Waals surface area contributed by atoms with Crippen molar-refractivity contribution >= 4 is 27.9 Å². The lowest BCUT2D eigenvalue weighted by atomic mass is 9.83. The Balaban J connectivity index is 2.35. The molecule has 2 amide bonds. The highest BCUT2D eigenvalue weighted by Gasteiger charge is 2.39. The number of carbonyl (C=O) groups excluding carboxylic acids is 2. The van der Waals surface area contributed by atoms with Crippen LogP contribution in [0.1, 0.15) is 43.7 Å². The van der Waals surface area contributed by atoms with Gasteiger partial charge in [-0.3, -0.25) is 9.59 Å². The first-order valence-corrected chi connectivity index (χ1v) is 13.8. The van der Waals surface area contributed by atoms with Crippen molar-refractivity contribution in [1.82, 2.24) is 15.6 Å². The van der Waals surface area contributed by atoms with Gasteiger partial charge in [-0.25, -0.2) is 21.9 Å². The van der Waals surface area contributed by atoms with Crippen LogP contribution in [0.25, 0.3) is 0 Å². The molecule has 0 bridgehead atoms. The van der Waals surface area contributed by atoms with Gasteiger partial charge in [-0.1, -0.05) is 27.7 Å². The minimum Gasteiger partial charge on any atom is -0.431 e. The number of aliphatic hydroxyl groups excluding tert-OH is 2. The van der Waals surface area contributed by atoms with Crippen LogP contribution in [0.15, 0.2) is 28.9 Å². The lowest BCUT2D eigenvalue weighted by Crippen LogP contribution is -2.55. The van der Waals surface area contributed by atoms with E-state index in [9.17, 15) is 37.0 Å². The molecule has 0 aliphatic carbocycles. The predicted octanol–water partition coefficient (Wildman–Crippen LogP) is 1.43. The standard InChI is InChI=1S/C24H34F2N4O7S/c1-12(2)10-27-23(34)19(13(3)4)21(32)20(31)17(8-14-6-15(25)9-16(26)7-14)28-22(33)18-11-37-24(29-18)30-38(5,35)36/h6-7,9,11-13,17,19-21,31-32H,8,10H2,1-5H3,(H,27,34)(H,28,33)(H,29,30)/t17-,19+,20+,21+/m0/s1. The van der Waals surface area contributed by atoms with Crippen LogP contribution in [0, 0.1) is 29.4 Å². The lowest BCUT2D eigenvalue weighted by Gasteiger charge is -2.33. The molecule has 11 nitrogen and oxygen atoms in total. The minimum atomic E-state index is -3.74. The number of oxazole rings is 1. The molecule has 212 valence electrons. The van der Waals surface area contributed by atoms with Crippen LogP contribution in [0.4, 0.5) is 14.8 Å². The number of nitrogens with one attached hydrogen (secondary N) is 3. The van der Waals surface area contributed by atoms with Crippen molar-refractivity contribution in [3.8, 4) is 0 Å². The molecule has 0 aliphatic heterocycles. The molecule has 0 aliphatic rings. The highest BCUT2D eigenvalue weighted by molar-refractivity contribution is 7.91. The largest absolute Gasteiger partial charge is 0.431 e. The van der Waals surface area contributed by atoms with Gasteiger partial charge in [0.25, 0.3) is 5.91 Å². The number of anilines is 1. The van der Waals surface area contributed by atoms with Gasteiger partial charge in [0.2, 0.25) is 15.9 Å². The number of carbonyl (C=O) groups is 2. The summed E-state index contributed by atoms with van der Waals surface area (Å²) in [6, 6.07) is 0.827. The van der Waals surface area contributed by atoms with E-state index in [4.69, 9.17) is 4.42 Å². The second kappa shape index (κ2) is 13.1. The van der Waals surface area contributed by atoms with Crippen molar-refractivity contribution in [3.05, 3.63) is 47.4 Å². The van der Waals surface area contributed by atoms with Gasteiger partial charge in [-0.15, -0.1) is 0 Å². The molecule has 1 aromatic heterocycles. The van der Waals surface area contributed by atoms with Gasteiger partial charge in [0, 0.05) is 12.6 Å². The van der Waals surface area contributed by atoms with E-state index >= 15 is 0 Å². The van der Waals surface area contributed by atoms with Crippen LogP contribution < -0.4 is 15.4 Å². The molecular formula is C24H34F2N4O7S. The third kappa shape index (κ3) is 9.33. The quantitative estimate of drug-likeness (QED) is 0.245. The normalized spacial score (nSPS) is 15.1. The number of rotatable bonds is 13. The fraction of sp³-hybridized carbons (Fsp3) is 0.542. The maximum absolute atomic E-state index is 13.8. The molecule has 0 saturated heterocycles. The van der Waals surface area contributed by atoms with Crippen molar-refractivity contribution < 1.29 is 41.4 Å². The van der Waals surface area contributed by atoms with Crippen molar-refractivity contribution in [3.63, 3.8) is 0 Å². The van der Waals surface area contributed by atoms with E-state index in [1.54, 1.807) is 13.8 Å². The molecule has 0 unspecified atom stereocenters. The number of aromatic nitrogens is 1. The molecule has 0 fully saturated rings. The highest BCUT2D eigenvalue weighted by atomic mass is 32.2. The average Bonchev–Trinajstić information content (AvgIpc) is 3.22. The Bertz CT molecular complexity index is 1200. The number of amides is 2. The molecule has 14 heteroatoms. The van der Waals surface area contributed by atoms with E-state index in [1.807, 2.05) is 18.6 Å². The number of nitrogens with zero attached hydrogens (tertiary/aromatic N) is 1. The molecule has 2 aromatic rings. The number of halogens is 2.